The Hall–Kier alpha value is -0.930. The highest BCUT2D eigenvalue weighted by molar-refractivity contribution is 5.94. The largest absolute Gasteiger partial charge is 0.381 e. The minimum absolute atomic E-state index is 0.0636. The Balaban J connectivity index is 2.33. The number of hydrogen-bond acceptors (Lipinski definition) is 3. The highest BCUT2D eigenvalue weighted by Gasteiger charge is 2.56. The monoisotopic (exact) mass is 236 g/mol. The van der Waals surface area contributed by atoms with Crippen LogP contribution in [0.2, 0.25) is 0 Å². The van der Waals surface area contributed by atoms with Crippen molar-refractivity contribution < 1.29 is 14.6 Å². The van der Waals surface area contributed by atoms with E-state index in [-0.39, 0.29) is 23.7 Å². The van der Waals surface area contributed by atoms with Crippen LogP contribution >= 0.6 is 0 Å². The van der Waals surface area contributed by atoms with E-state index in [1.165, 1.54) is 0 Å². The minimum atomic E-state index is -1.25. The van der Waals surface area contributed by atoms with Gasteiger partial charge in [-0.3, -0.25) is 4.79 Å². The summed E-state index contributed by atoms with van der Waals surface area (Å²) in [7, 11) is 0. The third-order valence-corrected chi connectivity index (χ3v) is 4.00. The molecular formula is C14H20O3. The molecule has 1 saturated carbocycles. The van der Waals surface area contributed by atoms with Crippen LogP contribution in [0.5, 0.6) is 0 Å². The van der Waals surface area contributed by atoms with E-state index in [0.29, 0.717) is 13.0 Å². The zero-order valence-electron chi connectivity index (χ0n) is 10.5. The van der Waals surface area contributed by atoms with Crippen molar-refractivity contribution in [1.82, 2.24) is 0 Å². The Morgan fingerprint density at radius 3 is 3.00 bits per heavy atom. The quantitative estimate of drug-likeness (QED) is 0.758. The van der Waals surface area contributed by atoms with Gasteiger partial charge in [-0.15, -0.1) is 6.58 Å². The van der Waals surface area contributed by atoms with Gasteiger partial charge in [-0.1, -0.05) is 17.7 Å². The second-order valence-electron chi connectivity index (χ2n) is 5.00. The van der Waals surface area contributed by atoms with Gasteiger partial charge in [-0.05, 0) is 20.3 Å². The molecule has 0 amide bonds. The number of ketones is 1. The second kappa shape index (κ2) is 4.39. The van der Waals surface area contributed by atoms with Crippen LogP contribution in [0.1, 0.15) is 26.7 Å². The Morgan fingerprint density at radius 1 is 1.71 bits per heavy atom. The van der Waals surface area contributed by atoms with Crippen LogP contribution in [0, 0.1) is 11.8 Å². The summed E-state index contributed by atoms with van der Waals surface area (Å²) in [5.74, 6) is -0.503. The fourth-order valence-electron chi connectivity index (χ4n) is 3.20. The molecule has 1 N–H and O–H groups in total. The van der Waals surface area contributed by atoms with Gasteiger partial charge in [0.25, 0.3) is 0 Å². The van der Waals surface area contributed by atoms with Crippen LogP contribution in [0.15, 0.2) is 24.3 Å². The van der Waals surface area contributed by atoms with E-state index in [1.807, 2.05) is 19.9 Å². The van der Waals surface area contributed by atoms with Crippen LogP contribution in [0.4, 0.5) is 0 Å². The van der Waals surface area contributed by atoms with Crippen LogP contribution < -0.4 is 0 Å². The number of fused-ring (bicyclic) bond motifs is 2. The summed E-state index contributed by atoms with van der Waals surface area (Å²) >= 11 is 0. The molecule has 94 valence electrons. The van der Waals surface area contributed by atoms with Gasteiger partial charge in [0.15, 0.2) is 5.78 Å². The molecule has 3 heteroatoms. The van der Waals surface area contributed by atoms with Crippen molar-refractivity contribution in [1.29, 1.82) is 0 Å². The number of hydrogen-bond donors (Lipinski definition) is 1. The topological polar surface area (TPSA) is 46.5 Å². The SMILES string of the molecule is C=CC[C@@]1(O)C(=O)[C@H]2C=C(C)[C@@H]1C[C@@H]2OCC. The summed E-state index contributed by atoms with van der Waals surface area (Å²) in [6.45, 7) is 8.16. The van der Waals surface area contributed by atoms with E-state index < -0.39 is 5.60 Å². The molecule has 0 aromatic heterocycles. The fourth-order valence-corrected chi connectivity index (χ4v) is 3.20. The van der Waals surface area contributed by atoms with Crippen LogP contribution in [0.3, 0.4) is 0 Å². The number of aliphatic hydroxyl groups is 1. The summed E-state index contributed by atoms with van der Waals surface area (Å²) in [5.41, 5.74) is -0.145. The number of carbonyl (C=O) groups is 1. The summed E-state index contributed by atoms with van der Waals surface area (Å²) < 4.78 is 5.60. The summed E-state index contributed by atoms with van der Waals surface area (Å²) in [6, 6.07) is 0. The maximum Gasteiger partial charge on any atom is 0.174 e. The predicted molar refractivity (Wildman–Crippen MR) is 65.5 cm³/mol. The average Bonchev–Trinajstić information content (AvgIpc) is 2.28. The van der Waals surface area contributed by atoms with E-state index in [9.17, 15) is 9.90 Å². The highest BCUT2D eigenvalue weighted by atomic mass is 16.5. The predicted octanol–water partition coefficient (Wildman–Crippen LogP) is 1.86. The number of Topliss-reactive ketones (excluding diaryl/α,β-unsaturated/α-hetero) is 1. The smallest absolute Gasteiger partial charge is 0.174 e. The number of ether oxygens (including phenoxy) is 1. The Kier molecular flexibility index (Phi) is 3.23. The molecule has 3 nitrogen and oxygen atoms in total. The molecule has 0 spiro atoms. The van der Waals surface area contributed by atoms with E-state index >= 15 is 0 Å². The Bertz CT molecular complexity index is 372. The van der Waals surface area contributed by atoms with Crippen LogP contribution in [-0.4, -0.2) is 29.2 Å². The zero-order valence-corrected chi connectivity index (χ0v) is 10.5. The van der Waals surface area contributed by atoms with Gasteiger partial charge in [-0.2, -0.15) is 0 Å². The zero-order chi connectivity index (χ0) is 12.6. The third-order valence-electron chi connectivity index (χ3n) is 4.00. The highest BCUT2D eigenvalue weighted by Crippen LogP contribution is 2.47. The lowest BCUT2D eigenvalue weighted by Crippen LogP contribution is -2.59. The molecule has 0 aromatic rings. The van der Waals surface area contributed by atoms with Crippen molar-refractivity contribution in [2.45, 2.75) is 38.4 Å². The summed E-state index contributed by atoms with van der Waals surface area (Å²) in [6.07, 6.45) is 4.59. The first-order chi connectivity index (χ1) is 8.04. The van der Waals surface area contributed by atoms with Crippen molar-refractivity contribution in [2.75, 3.05) is 6.61 Å². The van der Waals surface area contributed by atoms with Crippen LogP contribution in [-0.2, 0) is 9.53 Å². The van der Waals surface area contributed by atoms with E-state index in [2.05, 4.69) is 6.58 Å². The van der Waals surface area contributed by atoms with Gasteiger partial charge in [0.2, 0.25) is 0 Å². The maximum atomic E-state index is 12.3. The van der Waals surface area contributed by atoms with Crippen molar-refractivity contribution >= 4 is 5.78 Å². The molecule has 1 fully saturated rings. The molecule has 3 aliphatic carbocycles. The first kappa shape index (κ1) is 12.5. The van der Waals surface area contributed by atoms with E-state index in [1.54, 1.807) is 6.08 Å². The first-order valence-electron chi connectivity index (χ1n) is 6.22. The first-order valence-corrected chi connectivity index (χ1v) is 6.22. The third kappa shape index (κ3) is 1.78. The van der Waals surface area contributed by atoms with Crippen molar-refractivity contribution in [3.8, 4) is 0 Å². The Labute approximate surface area is 102 Å². The molecular weight excluding hydrogens is 216 g/mol. The van der Waals surface area contributed by atoms with E-state index in [4.69, 9.17) is 4.74 Å². The lowest BCUT2D eigenvalue weighted by Gasteiger charge is -2.49. The van der Waals surface area contributed by atoms with Gasteiger partial charge in [0.05, 0.1) is 12.0 Å². The average molecular weight is 236 g/mol. The van der Waals surface area contributed by atoms with E-state index in [0.717, 1.165) is 12.0 Å². The van der Waals surface area contributed by atoms with Crippen molar-refractivity contribution in [3.05, 3.63) is 24.3 Å². The molecule has 3 rings (SSSR count). The van der Waals surface area contributed by atoms with Crippen LogP contribution in [0.25, 0.3) is 0 Å². The lowest BCUT2D eigenvalue weighted by molar-refractivity contribution is -0.162. The number of rotatable bonds is 4. The minimum Gasteiger partial charge on any atom is -0.381 e. The number of carbonyl (C=O) groups excluding carboxylic acids is 1. The molecule has 0 heterocycles. The summed E-state index contributed by atoms with van der Waals surface area (Å²) in [4.78, 5) is 12.3. The summed E-state index contributed by atoms with van der Waals surface area (Å²) in [5, 5.41) is 10.6. The maximum absolute atomic E-state index is 12.3. The lowest BCUT2D eigenvalue weighted by atomic mass is 9.60. The van der Waals surface area contributed by atoms with Gasteiger partial charge >= 0.3 is 0 Å². The molecule has 4 atom stereocenters. The molecule has 0 saturated heterocycles. The second-order valence-corrected chi connectivity index (χ2v) is 5.00. The van der Waals surface area contributed by atoms with Crippen molar-refractivity contribution in [3.63, 3.8) is 0 Å². The molecule has 3 aliphatic rings. The molecule has 17 heavy (non-hydrogen) atoms. The van der Waals surface area contributed by atoms with Crippen molar-refractivity contribution in [2.24, 2.45) is 11.8 Å². The van der Waals surface area contributed by atoms with Gasteiger partial charge in [0.1, 0.15) is 5.60 Å². The normalized spacial score (nSPS) is 40.3. The molecule has 0 unspecified atom stereocenters. The van der Waals surface area contributed by atoms with Gasteiger partial charge in [0, 0.05) is 18.9 Å². The molecule has 0 radical (unpaired) electrons. The fraction of sp³-hybridized carbons (Fsp3) is 0.643. The molecule has 0 aliphatic heterocycles. The molecule has 0 aromatic carbocycles. The standard InChI is InChI=1S/C14H20O3/c1-4-6-14(16)11-8-12(17-5-2)10(13(14)15)7-9(11)3/h4,7,10-12,16H,1,5-6,8H2,2-3H3/t10-,11-,12-,14-/m0/s1. The Morgan fingerprint density at radius 2 is 2.41 bits per heavy atom. The molecule has 2 bridgehead atoms. The van der Waals surface area contributed by atoms with Gasteiger partial charge in [-0.25, -0.2) is 0 Å². The van der Waals surface area contributed by atoms with Gasteiger partial charge < -0.3 is 9.84 Å².